The van der Waals surface area contributed by atoms with E-state index in [0.29, 0.717) is 6.04 Å². The third-order valence-electron chi connectivity index (χ3n) is 5.03. The topological polar surface area (TPSA) is 37.2 Å². The Kier molecular flexibility index (Phi) is 5.51. The van der Waals surface area contributed by atoms with Crippen LogP contribution in [0, 0.1) is 6.92 Å². The fraction of sp³-hybridized carbons (Fsp3) is 0.579. The quantitative estimate of drug-likeness (QED) is 0.817. The Morgan fingerprint density at radius 2 is 2.08 bits per heavy atom. The van der Waals surface area contributed by atoms with Gasteiger partial charge in [0.05, 0.1) is 0 Å². The summed E-state index contributed by atoms with van der Waals surface area (Å²) < 4.78 is 2.26. The second-order valence-corrected chi connectivity index (χ2v) is 7.00. The molecular formula is C19H29N5. The van der Waals surface area contributed by atoms with Gasteiger partial charge in [0.15, 0.2) is 0 Å². The summed E-state index contributed by atoms with van der Waals surface area (Å²) in [5, 5.41) is 0. The zero-order valence-electron chi connectivity index (χ0n) is 15.1. The van der Waals surface area contributed by atoms with E-state index >= 15 is 0 Å². The number of aromatic nitrogens is 3. The predicted molar refractivity (Wildman–Crippen MR) is 98.2 cm³/mol. The van der Waals surface area contributed by atoms with Gasteiger partial charge in [0.2, 0.25) is 0 Å². The van der Waals surface area contributed by atoms with Gasteiger partial charge in [0, 0.05) is 51.8 Å². The number of aryl methyl sites for hydroxylation is 2. The molecule has 0 N–H and O–H groups in total. The molecule has 3 rings (SSSR count). The first kappa shape index (κ1) is 17.0. The molecule has 5 nitrogen and oxygen atoms in total. The third-order valence-corrected chi connectivity index (χ3v) is 5.03. The van der Waals surface area contributed by atoms with Gasteiger partial charge in [0.1, 0.15) is 11.6 Å². The fourth-order valence-electron chi connectivity index (χ4n) is 3.53. The molecule has 2 aromatic heterocycles. The molecule has 0 bridgehead atoms. The van der Waals surface area contributed by atoms with E-state index < -0.39 is 0 Å². The van der Waals surface area contributed by atoms with Crippen molar-refractivity contribution in [3.8, 4) is 0 Å². The Hall–Kier alpha value is -1.88. The lowest BCUT2D eigenvalue weighted by molar-refractivity contribution is 0.128. The van der Waals surface area contributed by atoms with Gasteiger partial charge in [-0.05, 0) is 44.4 Å². The Morgan fingerprint density at radius 3 is 2.75 bits per heavy atom. The van der Waals surface area contributed by atoms with E-state index in [1.54, 1.807) is 0 Å². The summed E-state index contributed by atoms with van der Waals surface area (Å²) in [4.78, 5) is 13.6. The van der Waals surface area contributed by atoms with Crippen LogP contribution in [0.4, 0.5) is 5.82 Å². The number of likely N-dealkylation sites (tertiary alicyclic amines) is 1. The van der Waals surface area contributed by atoms with Gasteiger partial charge in [-0.15, -0.1) is 0 Å². The molecule has 0 amide bonds. The minimum absolute atomic E-state index is 0.661. The van der Waals surface area contributed by atoms with Crippen molar-refractivity contribution < 1.29 is 0 Å². The largest absolute Gasteiger partial charge is 0.363 e. The van der Waals surface area contributed by atoms with Crippen LogP contribution >= 0.6 is 0 Å². The molecule has 3 heterocycles. The number of imidazole rings is 1. The van der Waals surface area contributed by atoms with Crippen molar-refractivity contribution in [2.75, 3.05) is 25.5 Å². The van der Waals surface area contributed by atoms with Gasteiger partial charge in [-0.2, -0.15) is 0 Å². The summed E-state index contributed by atoms with van der Waals surface area (Å²) in [6, 6.07) is 4.99. The number of rotatable bonds is 6. The number of pyridine rings is 1. The lowest BCUT2D eigenvalue weighted by atomic mass is 9.98. The minimum Gasteiger partial charge on any atom is -0.363 e. The Labute approximate surface area is 145 Å². The van der Waals surface area contributed by atoms with Crippen LogP contribution in [0.1, 0.15) is 37.1 Å². The molecule has 5 heteroatoms. The molecule has 0 aliphatic carbocycles. The van der Waals surface area contributed by atoms with E-state index in [9.17, 15) is 0 Å². The summed E-state index contributed by atoms with van der Waals surface area (Å²) in [7, 11) is 4.06. The number of hydrogen-bond donors (Lipinski definition) is 0. The van der Waals surface area contributed by atoms with E-state index in [0.717, 1.165) is 24.7 Å². The first-order chi connectivity index (χ1) is 11.6. The molecule has 24 heavy (non-hydrogen) atoms. The average Bonchev–Trinajstić information content (AvgIpc) is 3.00. The van der Waals surface area contributed by atoms with Crippen LogP contribution in [0.3, 0.4) is 0 Å². The van der Waals surface area contributed by atoms with Crippen LogP contribution in [0.5, 0.6) is 0 Å². The highest BCUT2D eigenvalue weighted by molar-refractivity contribution is 5.37. The normalized spacial score (nSPS) is 18.7. The first-order valence-electron chi connectivity index (χ1n) is 8.97. The highest BCUT2D eigenvalue weighted by Crippen LogP contribution is 2.23. The molecule has 0 saturated carbocycles. The van der Waals surface area contributed by atoms with E-state index in [2.05, 4.69) is 44.7 Å². The van der Waals surface area contributed by atoms with E-state index in [1.165, 1.54) is 37.8 Å². The van der Waals surface area contributed by atoms with Gasteiger partial charge in [0.25, 0.3) is 0 Å². The van der Waals surface area contributed by atoms with Crippen LogP contribution in [0.15, 0.2) is 30.7 Å². The van der Waals surface area contributed by atoms with Crippen molar-refractivity contribution in [2.24, 2.45) is 0 Å². The SMILES string of the molecule is Cc1nccn1CC[C@@H]1CCCCN1Cc1ccc(N(C)C)nc1. The maximum atomic E-state index is 4.55. The van der Waals surface area contributed by atoms with Crippen molar-refractivity contribution >= 4 is 5.82 Å². The molecule has 0 radical (unpaired) electrons. The van der Waals surface area contributed by atoms with Crippen LogP contribution in [0.2, 0.25) is 0 Å². The van der Waals surface area contributed by atoms with Gasteiger partial charge in [-0.25, -0.2) is 9.97 Å². The number of anilines is 1. The lowest BCUT2D eigenvalue weighted by Gasteiger charge is -2.36. The van der Waals surface area contributed by atoms with Gasteiger partial charge >= 0.3 is 0 Å². The molecule has 1 saturated heterocycles. The Morgan fingerprint density at radius 1 is 1.21 bits per heavy atom. The van der Waals surface area contributed by atoms with Crippen molar-refractivity contribution in [3.05, 3.63) is 42.1 Å². The van der Waals surface area contributed by atoms with Crippen molar-refractivity contribution in [2.45, 2.75) is 51.7 Å². The predicted octanol–water partition coefficient (Wildman–Crippen LogP) is 3.10. The molecular weight excluding hydrogens is 298 g/mol. The summed E-state index contributed by atoms with van der Waals surface area (Å²) in [5.41, 5.74) is 1.31. The number of nitrogens with zero attached hydrogens (tertiary/aromatic N) is 5. The zero-order valence-corrected chi connectivity index (χ0v) is 15.1. The second kappa shape index (κ2) is 7.79. The fourth-order valence-corrected chi connectivity index (χ4v) is 3.53. The van der Waals surface area contributed by atoms with Crippen LogP contribution in [0.25, 0.3) is 0 Å². The number of piperidine rings is 1. The van der Waals surface area contributed by atoms with Crippen LogP contribution in [-0.4, -0.2) is 46.1 Å². The van der Waals surface area contributed by atoms with Crippen molar-refractivity contribution in [1.29, 1.82) is 0 Å². The van der Waals surface area contributed by atoms with Crippen LogP contribution in [-0.2, 0) is 13.1 Å². The van der Waals surface area contributed by atoms with E-state index in [4.69, 9.17) is 0 Å². The van der Waals surface area contributed by atoms with Crippen molar-refractivity contribution in [3.63, 3.8) is 0 Å². The molecule has 2 aromatic rings. The van der Waals surface area contributed by atoms with Crippen LogP contribution < -0.4 is 4.90 Å². The molecule has 0 spiro atoms. The highest BCUT2D eigenvalue weighted by Gasteiger charge is 2.22. The molecule has 1 aliphatic heterocycles. The molecule has 130 valence electrons. The maximum absolute atomic E-state index is 4.55. The summed E-state index contributed by atoms with van der Waals surface area (Å²) in [6.07, 6.45) is 11.2. The average molecular weight is 327 g/mol. The molecule has 1 fully saturated rings. The minimum atomic E-state index is 0.661. The highest BCUT2D eigenvalue weighted by atomic mass is 15.2. The standard InChI is InChI=1S/C19H29N5/c1-16-20-10-13-23(16)12-9-18-6-4-5-11-24(18)15-17-7-8-19(21-14-17)22(2)3/h7-8,10,13-14,18H,4-6,9,11-12,15H2,1-3H3/t18-/m0/s1. The van der Waals surface area contributed by atoms with Gasteiger partial charge < -0.3 is 9.47 Å². The maximum Gasteiger partial charge on any atom is 0.127 e. The summed E-state index contributed by atoms with van der Waals surface area (Å²) in [5.74, 6) is 2.13. The molecule has 1 aliphatic rings. The lowest BCUT2D eigenvalue weighted by Crippen LogP contribution is -2.39. The summed E-state index contributed by atoms with van der Waals surface area (Å²) in [6.45, 7) is 5.35. The summed E-state index contributed by atoms with van der Waals surface area (Å²) >= 11 is 0. The Bertz CT molecular complexity index is 631. The third kappa shape index (κ3) is 4.15. The first-order valence-corrected chi connectivity index (χ1v) is 8.97. The van der Waals surface area contributed by atoms with Gasteiger partial charge in [-0.3, -0.25) is 4.90 Å². The molecule has 1 atom stereocenters. The number of hydrogen-bond acceptors (Lipinski definition) is 4. The molecule has 0 aromatic carbocycles. The van der Waals surface area contributed by atoms with E-state index in [1.807, 2.05) is 31.4 Å². The van der Waals surface area contributed by atoms with Gasteiger partial charge in [-0.1, -0.05) is 12.5 Å². The smallest absolute Gasteiger partial charge is 0.127 e. The monoisotopic (exact) mass is 327 g/mol. The van der Waals surface area contributed by atoms with Crippen molar-refractivity contribution in [1.82, 2.24) is 19.4 Å². The molecule has 0 unspecified atom stereocenters. The Balaban J connectivity index is 1.60. The second-order valence-electron chi connectivity index (χ2n) is 7.00. The zero-order chi connectivity index (χ0) is 16.9. The van der Waals surface area contributed by atoms with E-state index in [-0.39, 0.29) is 0 Å².